The number of ether oxygens (including phenoxy) is 1. The summed E-state index contributed by atoms with van der Waals surface area (Å²) in [4.78, 5) is 16.9. The molecule has 0 spiro atoms. The Hall–Kier alpha value is -1.63. The fraction of sp³-hybridized carbons (Fsp3) is 0.538. The van der Waals surface area contributed by atoms with E-state index in [9.17, 15) is 18.0 Å². The fourth-order valence-corrected chi connectivity index (χ4v) is 2.22. The molecule has 0 bridgehead atoms. The van der Waals surface area contributed by atoms with Gasteiger partial charge in [0.15, 0.2) is 0 Å². The van der Waals surface area contributed by atoms with E-state index in [1.165, 1.54) is 24.5 Å². The number of pyridine rings is 1. The zero-order chi connectivity index (χ0) is 14.6. The molecule has 1 aliphatic heterocycles. The van der Waals surface area contributed by atoms with E-state index in [1.807, 2.05) is 0 Å². The molecule has 0 atom stereocenters. The van der Waals surface area contributed by atoms with Crippen LogP contribution in [0.3, 0.4) is 0 Å². The number of nitrogens with zero attached hydrogens (tertiary/aromatic N) is 2. The number of carbonyl (C=O) groups excluding carboxylic acids is 1. The zero-order valence-corrected chi connectivity index (χ0v) is 10.8. The lowest BCUT2D eigenvalue weighted by atomic mass is 10.1. The average molecular weight is 288 g/mol. The summed E-state index contributed by atoms with van der Waals surface area (Å²) < 4.78 is 43.2. The smallest absolute Gasteiger partial charge is 0.381 e. The topological polar surface area (TPSA) is 42.4 Å². The minimum Gasteiger partial charge on any atom is -0.381 e. The molecule has 0 saturated carbocycles. The first-order valence-electron chi connectivity index (χ1n) is 6.33. The predicted molar refractivity (Wildman–Crippen MR) is 65.2 cm³/mol. The van der Waals surface area contributed by atoms with Crippen LogP contribution >= 0.6 is 0 Å². The SMILES string of the molecule is O=C(c1ccncc1)N(CC(F)(F)F)C1CCOCC1. The van der Waals surface area contributed by atoms with E-state index in [0.29, 0.717) is 26.1 Å². The Morgan fingerprint density at radius 1 is 1.30 bits per heavy atom. The Morgan fingerprint density at radius 3 is 2.45 bits per heavy atom. The van der Waals surface area contributed by atoms with Gasteiger partial charge in [0.2, 0.25) is 0 Å². The molecule has 0 aliphatic carbocycles. The van der Waals surface area contributed by atoms with Crippen molar-refractivity contribution >= 4 is 5.91 Å². The van der Waals surface area contributed by atoms with Crippen LogP contribution in [-0.4, -0.2) is 47.8 Å². The predicted octanol–water partition coefficient (Wildman–Crippen LogP) is 2.27. The maximum atomic E-state index is 12.7. The van der Waals surface area contributed by atoms with E-state index < -0.39 is 24.7 Å². The molecule has 1 saturated heterocycles. The van der Waals surface area contributed by atoms with E-state index >= 15 is 0 Å². The molecule has 110 valence electrons. The number of hydrogen-bond acceptors (Lipinski definition) is 3. The normalized spacial score (nSPS) is 16.9. The molecule has 1 aliphatic rings. The van der Waals surface area contributed by atoms with Crippen molar-refractivity contribution in [2.75, 3.05) is 19.8 Å². The molecule has 20 heavy (non-hydrogen) atoms. The molecule has 2 heterocycles. The zero-order valence-electron chi connectivity index (χ0n) is 10.8. The minimum atomic E-state index is -4.42. The van der Waals surface area contributed by atoms with Crippen molar-refractivity contribution < 1.29 is 22.7 Å². The molecule has 1 fully saturated rings. The van der Waals surface area contributed by atoms with E-state index in [4.69, 9.17) is 4.74 Å². The van der Waals surface area contributed by atoms with Crippen molar-refractivity contribution in [3.05, 3.63) is 30.1 Å². The summed E-state index contributed by atoms with van der Waals surface area (Å²) in [6.45, 7) is -0.482. The Kier molecular flexibility index (Phi) is 4.59. The summed E-state index contributed by atoms with van der Waals surface area (Å²) in [5.41, 5.74) is 0.218. The Morgan fingerprint density at radius 2 is 1.90 bits per heavy atom. The van der Waals surface area contributed by atoms with Crippen LogP contribution in [0.4, 0.5) is 13.2 Å². The average Bonchev–Trinajstić information content (AvgIpc) is 2.45. The van der Waals surface area contributed by atoms with Crippen LogP contribution in [0.5, 0.6) is 0 Å². The monoisotopic (exact) mass is 288 g/mol. The third-order valence-electron chi connectivity index (χ3n) is 3.17. The van der Waals surface area contributed by atoms with Crippen LogP contribution in [0, 0.1) is 0 Å². The summed E-state index contributed by atoms with van der Waals surface area (Å²) in [6, 6.07) is 2.40. The molecule has 0 unspecified atom stereocenters. The Bertz CT molecular complexity index is 445. The van der Waals surface area contributed by atoms with Crippen LogP contribution in [0.15, 0.2) is 24.5 Å². The molecule has 1 amide bonds. The van der Waals surface area contributed by atoms with Gasteiger partial charge in [-0.25, -0.2) is 0 Å². The van der Waals surface area contributed by atoms with E-state index in [0.717, 1.165) is 4.90 Å². The largest absolute Gasteiger partial charge is 0.406 e. The standard InChI is InChI=1S/C13H15F3N2O2/c14-13(15,16)9-18(11-3-7-20-8-4-11)12(19)10-1-5-17-6-2-10/h1-2,5-6,11H,3-4,7-9H2. The second-order valence-corrected chi connectivity index (χ2v) is 4.63. The van der Waals surface area contributed by atoms with E-state index in [2.05, 4.69) is 4.98 Å². The highest BCUT2D eigenvalue weighted by molar-refractivity contribution is 5.94. The molecule has 1 aromatic heterocycles. The van der Waals surface area contributed by atoms with Crippen LogP contribution < -0.4 is 0 Å². The van der Waals surface area contributed by atoms with Crippen molar-refractivity contribution in [2.24, 2.45) is 0 Å². The van der Waals surface area contributed by atoms with Gasteiger partial charge in [0, 0.05) is 37.2 Å². The lowest BCUT2D eigenvalue weighted by molar-refractivity contribution is -0.147. The molecular formula is C13H15F3N2O2. The minimum absolute atomic E-state index is 0.218. The van der Waals surface area contributed by atoms with Crippen LogP contribution in [-0.2, 0) is 4.74 Å². The molecule has 2 rings (SSSR count). The van der Waals surface area contributed by atoms with Crippen molar-refractivity contribution in [1.82, 2.24) is 9.88 Å². The number of hydrogen-bond donors (Lipinski definition) is 0. The van der Waals surface area contributed by atoms with Gasteiger partial charge in [0.05, 0.1) is 0 Å². The van der Waals surface area contributed by atoms with Crippen LogP contribution in [0.2, 0.25) is 0 Å². The first kappa shape index (κ1) is 14.8. The first-order valence-corrected chi connectivity index (χ1v) is 6.33. The molecule has 7 heteroatoms. The van der Waals surface area contributed by atoms with Gasteiger partial charge < -0.3 is 9.64 Å². The van der Waals surface area contributed by atoms with Gasteiger partial charge in [-0.3, -0.25) is 9.78 Å². The third kappa shape index (κ3) is 3.93. The van der Waals surface area contributed by atoms with Crippen molar-refractivity contribution in [3.63, 3.8) is 0 Å². The van der Waals surface area contributed by atoms with E-state index in [-0.39, 0.29) is 5.56 Å². The second kappa shape index (κ2) is 6.21. The number of amides is 1. The second-order valence-electron chi connectivity index (χ2n) is 4.63. The third-order valence-corrected chi connectivity index (χ3v) is 3.17. The van der Waals surface area contributed by atoms with Gasteiger partial charge in [0.25, 0.3) is 5.91 Å². The molecule has 4 nitrogen and oxygen atoms in total. The summed E-state index contributed by atoms with van der Waals surface area (Å²) >= 11 is 0. The highest BCUT2D eigenvalue weighted by atomic mass is 19.4. The Labute approximate surface area is 114 Å². The lowest BCUT2D eigenvalue weighted by Crippen LogP contribution is -2.47. The van der Waals surface area contributed by atoms with Crippen molar-refractivity contribution in [2.45, 2.75) is 25.1 Å². The quantitative estimate of drug-likeness (QED) is 0.857. The lowest BCUT2D eigenvalue weighted by Gasteiger charge is -2.34. The fourth-order valence-electron chi connectivity index (χ4n) is 2.22. The molecule has 0 N–H and O–H groups in total. The van der Waals surface area contributed by atoms with Crippen molar-refractivity contribution in [3.8, 4) is 0 Å². The van der Waals surface area contributed by atoms with Gasteiger partial charge in [0.1, 0.15) is 6.54 Å². The summed E-state index contributed by atoms with van der Waals surface area (Å²) in [5, 5.41) is 0. The molecule has 0 radical (unpaired) electrons. The van der Waals surface area contributed by atoms with E-state index in [1.54, 1.807) is 0 Å². The molecule has 0 aromatic carbocycles. The van der Waals surface area contributed by atoms with Crippen molar-refractivity contribution in [1.29, 1.82) is 0 Å². The van der Waals surface area contributed by atoms with Gasteiger partial charge in [-0.1, -0.05) is 0 Å². The highest BCUT2D eigenvalue weighted by Gasteiger charge is 2.37. The van der Waals surface area contributed by atoms with Gasteiger partial charge in [-0.05, 0) is 25.0 Å². The Balaban J connectivity index is 2.19. The van der Waals surface area contributed by atoms with Gasteiger partial charge in [-0.2, -0.15) is 13.2 Å². The number of halogens is 3. The van der Waals surface area contributed by atoms with Crippen LogP contribution in [0.1, 0.15) is 23.2 Å². The maximum absolute atomic E-state index is 12.7. The molecule has 1 aromatic rings. The van der Waals surface area contributed by atoms with Gasteiger partial charge >= 0.3 is 6.18 Å². The number of aromatic nitrogens is 1. The number of rotatable bonds is 3. The van der Waals surface area contributed by atoms with Gasteiger partial charge in [-0.15, -0.1) is 0 Å². The molecular weight excluding hydrogens is 273 g/mol. The first-order chi connectivity index (χ1) is 9.47. The summed E-state index contributed by atoms with van der Waals surface area (Å²) in [7, 11) is 0. The van der Waals surface area contributed by atoms with Crippen LogP contribution in [0.25, 0.3) is 0 Å². The summed E-state index contributed by atoms with van der Waals surface area (Å²) in [5.74, 6) is -0.614. The number of alkyl halides is 3. The maximum Gasteiger partial charge on any atom is 0.406 e. The summed E-state index contributed by atoms with van der Waals surface area (Å²) in [6.07, 6.45) is -0.785. The highest BCUT2D eigenvalue weighted by Crippen LogP contribution is 2.23. The number of carbonyl (C=O) groups is 1.